The van der Waals surface area contributed by atoms with Gasteiger partial charge in [-0.2, -0.15) is 9.78 Å². The molecule has 0 fully saturated rings. The zero-order chi connectivity index (χ0) is 23.0. The second-order valence-corrected chi connectivity index (χ2v) is 10.3. The molecule has 0 bridgehead atoms. The van der Waals surface area contributed by atoms with Gasteiger partial charge in [-0.3, -0.25) is 4.79 Å². The number of carbonyl (C=O) groups excluding carboxylic acids is 1. The monoisotopic (exact) mass is 488 g/mol. The molecule has 9 heteroatoms. The van der Waals surface area contributed by atoms with Crippen LogP contribution in [0.1, 0.15) is 32.0 Å². The number of thiazole rings is 1. The summed E-state index contributed by atoms with van der Waals surface area (Å²) in [5.74, 6) is 0.568. The van der Waals surface area contributed by atoms with Crippen LogP contribution >= 0.6 is 34.5 Å². The van der Waals surface area contributed by atoms with Gasteiger partial charge in [-0.05, 0) is 48.2 Å². The molecule has 0 unspecified atom stereocenters. The molecule has 2 heterocycles. The summed E-state index contributed by atoms with van der Waals surface area (Å²) < 4.78 is 8.24. The maximum Gasteiger partial charge on any atom is 0.263 e. The van der Waals surface area contributed by atoms with E-state index in [1.54, 1.807) is 28.9 Å². The lowest BCUT2D eigenvalue weighted by molar-refractivity contribution is -0.118. The summed E-state index contributed by atoms with van der Waals surface area (Å²) in [6.07, 6.45) is 0. The van der Waals surface area contributed by atoms with Crippen molar-refractivity contribution in [1.82, 2.24) is 14.8 Å². The standard InChI is InChI=1S/C23H22Cl2N4O2S/c1-13-9-20(27-21(30)12-31-18-8-6-15(24)11-16(18)25)29(28-13)22-26-17-7-5-14(23(2,3)4)10-19(17)32-22/h5-11H,12H2,1-4H3,(H,27,30). The molecular formula is C23H22Cl2N4O2S. The molecular weight excluding hydrogens is 467 g/mol. The zero-order valence-corrected chi connectivity index (χ0v) is 20.4. The molecule has 2 aromatic heterocycles. The summed E-state index contributed by atoms with van der Waals surface area (Å²) in [7, 11) is 0. The Morgan fingerprint density at radius 2 is 1.94 bits per heavy atom. The number of fused-ring (bicyclic) bond motifs is 1. The van der Waals surface area contributed by atoms with Gasteiger partial charge in [0.05, 0.1) is 20.9 Å². The lowest BCUT2D eigenvalue weighted by atomic mass is 9.87. The van der Waals surface area contributed by atoms with Gasteiger partial charge in [-0.15, -0.1) is 0 Å². The minimum atomic E-state index is -0.340. The minimum Gasteiger partial charge on any atom is -0.482 e. The van der Waals surface area contributed by atoms with E-state index in [1.165, 1.54) is 16.9 Å². The van der Waals surface area contributed by atoms with Crippen LogP contribution in [0.15, 0.2) is 42.5 Å². The molecule has 6 nitrogen and oxygen atoms in total. The van der Waals surface area contributed by atoms with Crippen LogP contribution in [0.3, 0.4) is 0 Å². The summed E-state index contributed by atoms with van der Waals surface area (Å²) in [5, 5.41) is 8.88. The molecule has 0 atom stereocenters. The summed E-state index contributed by atoms with van der Waals surface area (Å²) in [4.78, 5) is 17.2. The molecule has 2 aromatic carbocycles. The first-order chi connectivity index (χ1) is 15.1. The predicted octanol–water partition coefficient (Wildman–Crippen LogP) is 6.41. The highest BCUT2D eigenvalue weighted by atomic mass is 35.5. The van der Waals surface area contributed by atoms with E-state index in [1.807, 2.05) is 13.0 Å². The highest BCUT2D eigenvalue weighted by molar-refractivity contribution is 7.20. The molecule has 0 radical (unpaired) electrons. The van der Waals surface area contributed by atoms with E-state index >= 15 is 0 Å². The number of ether oxygens (including phenoxy) is 1. The van der Waals surface area contributed by atoms with Gasteiger partial charge in [0, 0.05) is 11.1 Å². The van der Waals surface area contributed by atoms with Crippen LogP contribution in [-0.2, 0) is 10.2 Å². The van der Waals surface area contributed by atoms with Crippen molar-refractivity contribution >= 4 is 56.5 Å². The summed E-state index contributed by atoms with van der Waals surface area (Å²) in [5.41, 5.74) is 2.94. The van der Waals surface area contributed by atoms with Gasteiger partial charge in [-0.25, -0.2) is 4.98 Å². The molecule has 4 rings (SSSR count). The van der Waals surface area contributed by atoms with Gasteiger partial charge >= 0.3 is 0 Å². The summed E-state index contributed by atoms with van der Waals surface area (Å²) in [6.45, 7) is 8.20. The largest absolute Gasteiger partial charge is 0.482 e. The van der Waals surface area contributed by atoms with Crippen LogP contribution in [0.25, 0.3) is 15.3 Å². The van der Waals surface area contributed by atoms with E-state index in [-0.39, 0.29) is 17.9 Å². The molecule has 4 aromatic rings. The van der Waals surface area contributed by atoms with Gasteiger partial charge in [0.15, 0.2) is 6.61 Å². The normalized spacial score (nSPS) is 11.7. The molecule has 0 aliphatic heterocycles. The number of aryl methyl sites for hydroxylation is 1. The zero-order valence-electron chi connectivity index (χ0n) is 18.1. The first-order valence-electron chi connectivity index (χ1n) is 9.96. The third-order valence-electron chi connectivity index (χ3n) is 4.78. The molecule has 0 saturated carbocycles. The van der Waals surface area contributed by atoms with Crippen LogP contribution in [0, 0.1) is 6.92 Å². The van der Waals surface area contributed by atoms with E-state index in [2.05, 4.69) is 43.3 Å². The maximum atomic E-state index is 12.5. The Kier molecular flexibility index (Phi) is 6.16. The van der Waals surface area contributed by atoms with Crippen molar-refractivity contribution in [2.45, 2.75) is 33.1 Å². The van der Waals surface area contributed by atoms with Crippen molar-refractivity contribution in [3.63, 3.8) is 0 Å². The molecule has 166 valence electrons. The molecule has 1 amide bonds. The van der Waals surface area contributed by atoms with Crippen LogP contribution in [0.5, 0.6) is 5.75 Å². The number of benzene rings is 2. The Hall–Kier alpha value is -2.61. The minimum absolute atomic E-state index is 0.0484. The predicted molar refractivity (Wildman–Crippen MR) is 131 cm³/mol. The van der Waals surface area contributed by atoms with Crippen molar-refractivity contribution in [3.05, 3.63) is 63.8 Å². The number of nitrogens with zero attached hydrogens (tertiary/aromatic N) is 3. The number of amides is 1. The average Bonchev–Trinajstić information content (AvgIpc) is 3.28. The third-order valence-corrected chi connectivity index (χ3v) is 6.30. The van der Waals surface area contributed by atoms with Crippen LogP contribution in [0.2, 0.25) is 10.0 Å². The van der Waals surface area contributed by atoms with E-state index in [0.717, 1.165) is 15.9 Å². The Labute approximate surface area is 200 Å². The van der Waals surface area contributed by atoms with Crippen molar-refractivity contribution in [3.8, 4) is 10.9 Å². The van der Waals surface area contributed by atoms with E-state index in [0.29, 0.717) is 26.7 Å². The number of hydrogen-bond donors (Lipinski definition) is 1. The molecule has 0 aliphatic rings. The van der Waals surface area contributed by atoms with Gasteiger partial charge in [0.1, 0.15) is 11.6 Å². The number of carbonyl (C=O) groups is 1. The summed E-state index contributed by atoms with van der Waals surface area (Å²) >= 11 is 13.5. The lowest BCUT2D eigenvalue weighted by Gasteiger charge is -2.18. The maximum absolute atomic E-state index is 12.5. The Bertz CT molecular complexity index is 1310. The Balaban J connectivity index is 1.54. The van der Waals surface area contributed by atoms with E-state index < -0.39 is 0 Å². The number of halogens is 2. The van der Waals surface area contributed by atoms with Gasteiger partial charge in [0.2, 0.25) is 5.13 Å². The molecule has 0 aliphatic carbocycles. The fourth-order valence-electron chi connectivity index (χ4n) is 3.12. The SMILES string of the molecule is Cc1cc(NC(=O)COc2ccc(Cl)cc2Cl)n(-c2nc3ccc(C(C)(C)C)cc3s2)n1. The van der Waals surface area contributed by atoms with Crippen LogP contribution < -0.4 is 10.1 Å². The number of anilines is 1. The van der Waals surface area contributed by atoms with Crippen LogP contribution in [-0.4, -0.2) is 27.3 Å². The topological polar surface area (TPSA) is 69.0 Å². The van der Waals surface area contributed by atoms with E-state index in [9.17, 15) is 4.79 Å². The smallest absolute Gasteiger partial charge is 0.263 e. The fourth-order valence-corrected chi connectivity index (χ4v) is 4.55. The second-order valence-electron chi connectivity index (χ2n) is 8.42. The third kappa shape index (κ3) is 4.90. The van der Waals surface area contributed by atoms with Crippen molar-refractivity contribution in [2.75, 3.05) is 11.9 Å². The number of aromatic nitrogens is 3. The fraction of sp³-hybridized carbons (Fsp3) is 0.261. The molecule has 0 spiro atoms. The highest BCUT2D eigenvalue weighted by Crippen LogP contribution is 2.32. The van der Waals surface area contributed by atoms with Gasteiger partial charge in [0.25, 0.3) is 5.91 Å². The van der Waals surface area contributed by atoms with Crippen LogP contribution in [0.4, 0.5) is 5.82 Å². The molecule has 32 heavy (non-hydrogen) atoms. The highest BCUT2D eigenvalue weighted by Gasteiger charge is 2.18. The van der Waals surface area contributed by atoms with Crippen molar-refractivity contribution in [1.29, 1.82) is 0 Å². The second kappa shape index (κ2) is 8.73. The van der Waals surface area contributed by atoms with E-state index in [4.69, 9.17) is 32.9 Å². The van der Waals surface area contributed by atoms with Crippen molar-refractivity contribution < 1.29 is 9.53 Å². The number of rotatable bonds is 5. The van der Waals surface area contributed by atoms with Gasteiger partial charge < -0.3 is 10.1 Å². The van der Waals surface area contributed by atoms with Gasteiger partial charge in [-0.1, -0.05) is 61.4 Å². The summed E-state index contributed by atoms with van der Waals surface area (Å²) in [6, 6.07) is 12.9. The van der Waals surface area contributed by atoms with Crippen molar-refractivity contribution in [2.24, 2.45) is 0 Å². The number of hydrogen-bond acceptors (Lipinski definition) is 5. The first-order valence-corrected chi connectivity index (χ1v) is 11.5. The quantitative estimate of drug-likeness (QED) is 0.352. The molecule has 0 saturated heterocycles. The molecule has 1 N–H and O–H groups in total. The number of nitrogens with one attached hydrogen (secondary N) is 1. The lowest BCUT2D eigenvalue weighted by Crippen LogP contribution is -2.22. The first kappa shape index (κ1) is 22.6. The average molecular weight is 489 g/mol. The Morgan fingerprint density at radius 3 is 2.66 bits per heavy atom. The Morgan fingerprint density at radius 1 is 1.16 bits per heavy atom.